The Kier molecular flexibility index (Phi) is 4.71. The van der Waals surface area contributed by atoms with Crippen molar-refractivity contribution < 1.29 is 18.3 Å². The first-order valence-electron chi connectivity index (χ1n) is 6.51. The second-order valence-electron chi connectivity index (χ2n) is 4.73. The number of benzene rings is 1. The average Bonchev–Trinajstić information content (AvgIpc) is 2.41. The van der Waals surface area contributed by atoms with Crippen LogP contribution in [0.3, 0.4) is 0 Å². The number of ether oxygens (including phenoxy) is 1. The van der Waals surface area contributed by atoms with E-state index in [0.29, 0.717) is 5.69 Å². The SMILES string of the molecule is O=C(Nc1ccc(OC(F)F)cc1)C1CCCCC1. The normalized spacial score (nSPS) is 16.4. The molecule has 1 aliphatic rings. The van der Waals surface area contributed by atoms with Crippen LogP contribution >= 0.6 is 0 Å². The first kappa shape index (κ1) is 13.8. The molecular formula is C14H17F2NO2. The van der Waals surface area contributed by atoms with Gasteiger partial charge in [0.15, 0.2) is 0 Å². The van der Waals surface area contributed by atoms with E-state index >= 15 is 0 Å². The highest BCUT2D eigenvalue weighted by Gasteiger charge is 2.20. The van der Waals surface area contributed by atoms with Gasteiger partial charge in [0.25, 0.3) is 0 Å². The highest BCUT2D eigenvalue weighted by molar-refractivity contribution is 5.92. The Morgan fingerprint density at radius 1 is 1.16 bits per heavy atom. The van der Waals surface area contributed by atoms with Gasteiger partial charge in [0.1, 0.15) is 5.75 Å². The molecule has 1 amide bonds. The summed E-state index contributed by atoms with van der Waals surface area (Å²) in [7, 11) is 0. The molecule has 3 nitrogen and oxygen atoms in total. The first-order chi connectivity index (χ1) is 9.15. The Balaban J connectivity index is 1.89. The molecule has 1 aromatic rings. The van der Waals surface area contributed by atoms with Crippen molar-refractivity contribution in [3.8, 4) is 5.75 Å². The molecule has 5 heteroatoms. The van der Waals surface area contributed by atoms with Crippen LogP contribution in [-0.4, -0.2) is 12.5 Å². The zero-order valence-corrected chi connectivity index (χ0v) is 10.6. The van der Waals surface area contributed by atoms with Gasteiger partial charge in [-0.15, -0.1) is 0 Å². The average molecular weight is 269 g/mol. The molecule has 0 heterocycles. The second-order valence-corrected chi connectivity index (χ2v) is 4.73. The largest absolute Gasteiger partial charge is 0.435 e. The number of hydrogen-bond donors (Lipinski definition) is 1. The molecule has 1 N–H and O–H groups in total. The van der Waals surface area contributed by atoms with Crippen LogP contribution in [0.15, 0.2) is 24.3 Å². The molecule has 1 saturated carbocycles. The number of carbonyl (C=O) groups is 1. The van der Waals surface area contributed by atoms with Crippen molar-refractivity contribution in [2.75, 3.05) is 5.32 Å². The quantitative estimate of drug-likeness (QED) is 0.902. The highest BCUT2D eigenvalue weighted by atomic mass is 19.3. The molecule has 0 bridgehead atoms. The fourth-order valence-corrected chi connectivity index (χ4v) is 2.33. The van der Waals surface area contributed by atoms with Gasteiger partial charge in [-0.1, -0.05) is 19.3 Å². The third-order valence-electron chi connectivity index (χ3n) is 3.32. The Morgan fingerprint density at radius 3 is 2.37 bits per heavy atom. The zero-order valence-electron chi connectivity index (χ0n) is 10.6. The van der Waals surface area contributed by atoms with E-state index in [2.05, 4.69) is 10.1 Å². The van der Waals surface area contributed by atoms with E-state index in [4.69, 9.17) is 0 Å². The van der Waals surface area contributed by atoms with Crippen molar-refractivity contribution in [1.29, 1.82) is 0 Å². The molecule has 0 atom stereocenters. The molecule has 0 saturated heterocycles. The molecule has 2 rings (SSSR count). The third-order valence-corrected chi connectivity index (χ3v) is 3.32. The van der Waals surface area contributed by atoms with Crippen LogP contribution in [0.2, 0.25) is 0 Å². The molecule has 0 unspecified atom stereocenters. The molecule has 1 aromatic carbocycles. The predicted octanol–water partition coefficient (Wildman–Crippen LogP) is 3.81. The molecule has 1 fully saturated rings. The molecule has 19 heavy (non-hydrogen) atoms. The second kappa shape index (κ2) is 6.50. The molecule has 0 spiro atoms. The highest BCUT2D eigenvalue weighted by Crippen LogP contribution is 2.25. The number of hydrogen-bond acceptors (Lipinski definition) is 2. The minimum absolute atomic E-state index is 0.0160. The van der Waals surface area contributed by atoms with E-state index < -0.39 is 6.61 Å². The maximum atomic E-state index is 12.0. The van der Waals surface area contributed by atoms with E-state index in [1.54, 1.807) is 12.1 Å². The summed E-state index contributed by atoms with van der Waals surface area (Å²) in [6.07, 6.45) is 5.25. The summed E-state index contributed by atoms with van der Waals surface area (Å²) in [6.45, 7) is -2.83. The number of carbonyl (C=O) groups excluding carboxylic acids is 1. The minimum Gasteiger partial charge on any atom is -0.435 e. The Morgan fingerprint density at radius 2 is 1.79 bits per heavy atom. The summed E-state index contributed by atoms with van der Waals surface area (Å²) in [5.41, 5.74) is 0.609. The lowest BCUT2D eigenvalue weighted by molar-refractivity contribution is -0.120. The predicted molar refractivity (Wildman–Crippen MR) is 68.3 cm³/mol. The number of amides is 1. The molecule has 0 radical (unpaired) electrons. The van der Waals surface area contributed by atoms with Gasteiger partial charge in [-0.2, -0.15) is 8.78 Å². The maximum Gasteiger partial charge on any atom is 0.387 e. The van der Waals surface area contributed by atoms with Crippen LogP contribution in [0.4, 0.5) is 14.5 Å². The lowest BCUT2D eigenvalue weighted by Crippen LogP contribution is -2.24. The number of alkyl halides is 2. The molecule has 0 aromatic heterocycles. The summed E-state index contributed by atoms with van der Waals surface area (Å²) >= 11 is 0. The standard InChI is InChI=1S/C14H17F2NO2/c15-14(16)19-12-8-6-11(7-9-12)17-13(18)10-4-2-1-3-5-10/h6-10,14H,1-5H2,(H,17,18). The summed E-state index contributed by atoms with van der Waals surface area (Å²) < 4.78 is 28.2. The molecule has 0 aliphatic heterocycles. The van der Waals surface area contributed by atoms with Gasteiger partial charge in [0.05, 0.1) is 0 Å². The van der Waals surface area contributed by atoms with Crippen LogP contribution < -0.4 is 10.1 Å². The smallest absolute Gasteiger partial charge is 0.387 e. The number of rotatable bonds is 4. The first-order valence-corrected chi connectivity index (χ1v) is 6.51. The molecular weight excluding hydrogens is 252 g/mol. The number of halogens is 2. The molecule has 104 valence electrons. The fourth-order valence-electron chi connectivity index (χ4n) is 2.33. The third kappa shape index (κ3) is 4.19. The van der Waals surface area contributed by atoms with E-state index in [9.17, 15) is 13.6 Å². The van der Waals surface area contributed by atoms with Gasteiger partial charge < -0.3 is 10.1 Å². The van der Waals surface area contributed by atoms with Crippen LogP contribution in [0.5, 0.6) is 5.75 Å². The van der Waals surface area contributed by atoms with Crippen molar-refractivity contribution in [2.45, 2.75) is 38.7 Å². The topological polar surface area (TPSA) is 38.3 Å². The maximum absolute atomic E-state index is 12.0. The Bertz CT molecular complexity index is 414. The van der Waals surface area contributed by atoms with Crippen LogP contribution in [0, 0.1) is 5.92 Å². The number of anilines is 1. The van der Waals surface area contributed by atoms with Crippen LogP contribution in [0.25, 0.3) is 0 Å². The van der Waals surface area contributed by atoms with Crippen molar-refractivity contribution in [3.63, 3.8) is 0 Å². The van der Waals surface area contributed by atoms with Crippen LogP contribution in [-0.2, 0) is 4.79 Å². The lowest BCUT2D eigenvalue weighted by atomic mass is 9.88. The monoisotopic (exact) mass is 269 g/mol. The van der Waals surface area contributed by atoms with Gasteiger partial charge in [-0.05, 0) is 37.1 Å². The summed E-state index contributed by atoms with van der Waals surface area (Å²) in [5, 5.41) is 2.81. The van der Waals surface area contributed by atoms with Crippen molar-refractivity contribution in [3.05, 3.63) is 24.3 Å². The van der Waals surface area contributed by atoms with Gasteiger partial charge in [0, 0.05) is 11.6 Å². The van der Waals surface area contributed by atoms with E-state index in [1.807, 2.05) is 0 Å². The van der Waals surface area contributed by atoms with Crippen molar-refractivity contribution >= 4 is 11.6 Å². The summed E-state index contributed by atoms with van der Waals surface area (Å²) in [6, 6.07) is 5.97. The molecule has 1 aliphatic carbocycles. The summed E-state index contributed by atoms with van der Waals surface area (Å²) in [4.78, 5) is 12.0. The van der Waals surface area contributed by atoms with Gasteiger partial charge >= 0.3 is 6.61 Å². The number of nitrogens with one attached hydrogen (secondary N) is 1. The van der Waals surface area contributed by atoms with Crippen LogP contribution in [0.1, 0.15) is 32.1 Å². The van der Waals surface area contributed by atoms with E-state index in [0.717, 1.165) is 25.7 Å². The van der Waals surface area contributed by atoms with Gasteiger partial charge in [-0.3, -0.25) is 4.79 Å². The Hall–Kier alpha value is -1.65. The van der Waals surface area contributed by atoms with Crippen molar-refractivity contribution in [2.24, 2.45) is 5.92 Å². The van der Waals surface area contributed by atoms with Crippen molar-refractivity contribution in [1.82, 2.24) is 0 Å². The minimum atomic E-state index is -2.83. The summed E-state index contributed by atoms with van der Waals surface area (Å²) in [5.74, 6) is 0.179. The fraction of sp³-hybridized carbons (Fsp3) is 0.500. The van der Waals surface area contributed by atoms with E-state index in [1.165, 1.54) is 18.6 Å². The zero-order chi connectivity index (χ0) is 13.7. The lowest BCUT2D eigenvalue weighted by Gasteiger charge is -2.20. The van der Waals surface area contributed by atoms with E-state index in [-0.39, 0.29) is 17.6 Å². The van der Waals surface area contributed by atoms with Gasteiger partial charge in [-0.25, -0.2) is 0 Å². The van der Waals surface area contributed by atoms with Gasteiger partial charge in [0.2, 0.25) is 5.91 Å². The Labute approximate surface area is 111 Å².